The predicted molar refractivity (Wildman–Crippen MR) is 64.9 cm³/mol. The normalized spacial score (nSPS) is 20.1. The summed E-state index contributed by atoms with van der Waals surface area (Å²) < 4.78 is 0. The standard InChI is InChI=1S/C14H18N2/c1-2-12(9-10-15)16-14-8-7-11-5-3-4-6-13(11)14/h3-6,12,14,16H,2,7-9H2,1H3. The van der Waals surface area contributed by atoms with E-state index in [2.05, 4.69) is 42.6 Å². The minimum absolute atomic E-state index is 0.334. The van der Waals surface area contributed by atoms with E-state index in [0.29, 0.717) is 18.5 Å². The predicted octanol–water partition coefficient (Wildman–Crippen LogP) is 2.96. The molecule has 0 radical (unpaired) electrons. The zero-order chi connectivity index (χ0) is 11.4. The number of nitrogens with one attached hydrogen (secondary N) is 1. The molecule has 0 heterocycles. The van der Waals surface area contributed by atoms with Gasteiger partial charge in [-0.25, -0.2) is 0 Å². The van der Waals surface area contributed by atoms with Gasteiger partial charge in [-0.1, -0.05) is 31.2 Å². The zero-order valence-electron chi connectivity index (χ0n) is 9.74. The highest BCUT2D eigenvalue weighted by molar-refractivity contribution is 5.34. The molecule has 2 nitrogen and oxygen atoms in total. The van der Waals surface area contributed by atoms with Gasteiger partial charge in [0.2, 0.25) is 0 Å². The van der Waals surface area contributed by atoms with Crippen LogP contribution in [0, 0.1) is 11.3 Å². The summed E-state index contributed by atoms with van der Waals surface area (Å²) in [6, 6.07) is 11.7. The Morgan fingerprint density at radius 3 is 3.06 bits per heavy atom. The average molecular weight is 214 g/mol. The van der Waals surface area contributed by atoms with Crippen LogP contribution >= 0.6 is 0 Å². The lowest BCUT2D eigenvalue weighted by atomic mass is 10.1. The third kappa shape index (κ3) is 2.25. The van der Waals surface area contributed by atoms with Gasteiger partial charge >= 0.3 is 0 Å². The Balaban J connectivity index is 2.05. The molecule has 16 heavy (non-hydrogen) atoms. The molecule has 0 saturated carbocycles. The molecule has 84 valence electrons. The molecule has 0 bridgehead atoms. The van der Waals surface area contributed by atoms with E-state index in [-0.39, 0.29) is 0 Å². The number of nitrogens with zero attached hydrogens (tertiary/aromatic N) is 1. The Bertz CT molecular complexity index is 392. The third-order valence-electron chi connectivity index (χ3n) is 3.40. The first-order valence-corrected chi connectivity index (χ1v) is 6.06. The number of nitriles is 1. The van der Waals surface area contributed by atoms with Gasteiger partial charge in [0.15, 0.2) is 0 Å². The monoisotopic (exact) mass is 214 g/mol. The lowest BCUT2D eigenvalue weighted by Gasteiger charge is -2.20. The van der Waals surface area contributed by atoms with Crippen molar-refractivity contribution in [2.24, 2.45) is 0 Å². The van der Waals surface area contributed by atoms with Crippen LogP contribution in [0.25, 0.3) is 0 Å². The van der Waals surface area contributed by atoms with E-state index >= 15 is 0 Å². The zero-order valence-corrected chi connectivity index (χ0v) is 9.74. The van der Waals surface area contributed by atoms with Crippen LogP contribution in [0.3, 0.4) is 0 Å². The highest BCUT2D eigenvalue weighted by atomic mass is 15.0. The Labute approximate surface area is 97.3 Å². The fourth-order valence-corrected chi connectivity index (χ4v) is 2.45. The number of hydrogen-bond acceptors (Lipinski definition) is 2. The van der Waals surface area contributed by atoms with Gasteiger partial charge in [0, 0.05) is 12.1 Å². The molecule has 0 aliphatic heterocycles. The first kappa shape index (κ1) is 11.2. The largest absolute Gasteiger partial charge is 0.306 e. The van der Waals surface area contributed by atoms with Gasteiger partial charge in [0.1, 0.15) is 0 Å². The summed E-state index contributed by atoms with van der Waals surface area (Å²) in [5.41, 5.74) is 2.89. The summed E-state index contributed by atoms with van der Waals surface area (Å²) in [5.74, 6) is 0. The molecule has 2 rings (SSSR count). The molecule has 0 amide bonds. The van der Waals surface area contributed by atoms with Crippen molar-refractivity contribution >= 4 is 0 Å². The number of hydrogen-bond donors (Lipinski definition) is 1. The van der Waals surface area contributed by atoms with Crippen LogP contribution in [0.5, 0.6) is 0 Å². The van der Waals surface area contributed by atoms with Crippen molar-refractivity contribution in [1.29, 1.82) is 5.26 Å². The number of aryl methyl sites for hydroxylation is 1. The van der Waals surface area contributed by atoms with Crippen molar-refractivity contribution in [3.63, 3.8) is 0 Å². The van der Waals surface area contributed by atoms with Crippen LogP contribution in [0.2, 0.25) is 0 Å². The molecule has 1 aromatic carbocycles. The van der Waals surface area contributed by atoms with Crippen LogP contribution in [0.15, 0.2) is 24.3 Å². The van der Waals surface area contributed by atoms with E-state index in [1.165, 1.54) is 17.5 Å². The van der Waals surface area contributed by atoms with E-state index in [0.717, 1.165) is 12.8 Å². The number of rotatable bonds is 4. The summed E-state index contributed by atoms with van der Waals surface area (Å²) in [4.78, 5) is 0. The Hall–Kier alpha value is -1.33. The second-order valence-corrected chi connectivity index (χ2v) is 4.42. The van der Waals surface area contributed by atoms with Gasteiger partial charge < -0.3 is 5.32 Å². The maximum atomic E-state index is 8.75. The van der Waals surface area contributed by atoms with E-state index < -0.39 is 0 Å². The van der Waals surface area contributed by atoms with Crippen molar-refractivity contribution < 1.29 is 0 Å². The minimum Gasteiger partial charge on any atom is -0.306 e. The van der Waals surface area contributed by atoms with Crippen LogP contribution < -0.4 is 5.32 Å². The lowest BCUT2D eigenvalue weighted by Crippen LogP contribution is -2.31. The summed E-state index contributed by atoms with van der Waals surface area (Å²) in [6.07, 6.45) is 3.96. The molecule has 1 aromatic rings. The molecule has 0 saturated heterocycles. The summed E-state index contributed by atoms with van der Waals surface area (Å²) in [7, 11) is 0. The molecular weight excluding hydrogens is 196 g/mol. The molecule has 2 unspecified atom stereocenters. The summed E-state index contributed by atoms with van der Waals surface area (Å²) in [6.45, 7) is 2.13. The molecule has 2 atom stereocenters. The quantitative estimate of drug-likeness (QED) is 0.836. The highest BCUT2D eigenvalue weighted by Gasteiger charge is 2.23. The summed E-state index contributed by atoms with van der Waals surface area (Å²) in [5, 5.41) is 12.3. The molecule has 1 aliphatic carbocycles. The maximum absolute atomic E-state index is 8.75. The van der Waals surface area contributed by atoms with Gasteiger partial charge in [0.25, 0.3) is 0 Å². The van der Waals surface area contributed by atoms with Crippen molar-refractivity contribution in [2.75, 3.05) is 0 Å². The summed E-state index contributed by atoms with van der Waals surface area (Å²) >= 11 is 0. The first-order chi connectivity index (χ1) is 7.85. The van der Waals surface area contributed by atoms with Gasteiger partial charge in [-0.05, 0) is 30.4 Å². The number of fused-ring (bicyclic) bond motifs is 1. The fraction of sp³-hybridized carbons (Fsp3) is 0.500. The molecule has 0 aromatic heterocycles. The Kier molecular flexibility index (Phi) is 3.58. The van der Waals surface area contributed by atoms with Gasteiger partial charge in [-0.3, -0.25) is 0 Å². The van der Waals surface area contributed by atoms with Crippen molar-refractivity contribution in [3.8, 4) is 6.07 Å². The second-order valence-electron chi connectivity index (χ2n) is 4.42. The molecular formula is C14H18N2. The van der Waals surface area contributed by atoms with E-state index in [1.54, 1.807) is 0 Å². The third-order valence-corrected chi connectivity index (χ3v) is 3.40. The van der Waals surface area contributed by atoms with Crippen molar-refractivity contribution in [2.45, 2.75) is 44.7 Å². The minimum atomic E-state index is 0.334. The van der Waals surface area contributed by atoms with Crippen molar-refractivity contribution in [3.05, 3.63) is 35.4 Å². The topological polar surface area (TPSA) is 35.8 Å². The fourth-order valence-electron chi connectivity index (χ4n) is 2.45. The van der Waals surface area contributed by atoms with E-state index in [9.17, 15) is 0 Å². The average Bonchev–Trinajstić information content (AvgIpc) is 2.72. The molecule has 0 fully saturated rings. The van der Waals surface area contributed by atoms with Crippen LogP contribution in [-0.2, 0) is 6.42 Å². The highest BCUT2D eigenvalue weighted by Crippen LogP contribution is 2.31. The van der Waals surface area contributed by atoms with Gasteiger partial charge in [-0.15, -0.1) is 0 Å². The van der Waals surface area contributed by atoms with Crippen LogP contribution in [-0.4, -0.2) is 6.04 Å². The molecule has 1 aliphatic rings. The number of benzene rings is 1. The molecule has 1 N–H and O–H groups in total. The molecule has 2 heteroatoms. The van der Waals surface area contributed by atoms with Crippen LogP contribution in [0.1, 0.15) is 43.4 Å². The lowest BCUT2D eigenvalue weighted by molar-refractivity contribution is 0.426. The molecule has 0 spiro atoms. The van der Waals surface area contributed by atoms with E-state index in [1.807, 2.05) is 0 Å². The van der Waals surface area contributed by atoms with Gasteiger partial charge in [-0.2, -0.15) is 5.26 Å². The van der Waals surface area contributed by atoms with Crippen LogP contribution in [0.4, 0.5) is 0 Å². The van der Waals surface area contributed by atoms with Crippen molar-refractivity contribution in [1.82, 2.24) is 5.32 Å². The van der Waals surface area contributed by atoms with E-state index in [4.69, 9.17) is 5.26 Å². The SMILES string of the molecule is CCC(CC#N)NC1CCc2ccccc21. The Morgan fingerprint density at radius 1 is 1.50 bits per heavy atom. The Morgan fingerprint density at radius 2 is 2.31 bits per heavy atom. The maximum Gasteiger partial charge on any atom is 0.0638 e. The smallest absolute Gasteiger partial charge is 0.0638 e. The van der Waals surface area contributed by atoms with Gasteiger partial charge in [0.05, 0.1) is 12.5 Å². The first-order valence-electron chi connectivity index (χ1n) is 6.06. The second kappa shape index (κ2) is 5.14.